The summed E-state index contributed by atoms with van der Waals surface area (Å²) in [7, 11) is -3.56. The molecule has 1 aromatic carbocycles. The van der Waals surface area contributed by atoms with E-state index in [0.717, 1.165) is 37.1 Å². The van der Waals surface area contributed by atoms with Gasteiger partial charge in [0.1, 0.15) is 5.54 Å². The van der Waals surface area contributed by atoms with Crippen LogP contribution in [-0.2, 0) is 19.6 Å². The van der Waals surface area contributed by atoms with E-state index in [2.05, 4.69) is 16.1 Å². The summed E-state index contributed by atoms with van der Waals surface area (Å²) >= 11 is 0. The lowest BCUT2D eigenvalue weighted by Crippen LogP contribution is -2.51. The first-order valence-electron chi connectivity index (χ1n) is 10.6. The molecular weight excluding hydrogens is 422 g/mol. The maximum Gasteiger partial charge on any atom is 0.344 e. The lowest BCUT2D eigenvalue weighted by Gasteiger charge is -2.30. The van der Waals surface area contributed by atoms with Crippen molar-refractivity contribution in [3.05, 3.63) is 24.3 Å². The molecule has 2 saturated heterocycles. The van der Waals surface area contributed by atoms with Crippen LogP contribution in [0.25, 0.3) is 0 Å². The van der Waals surface area contributed by atoms with Crippen molar-refractivity contribution in [3.8, 4) is 0 Å². The Morgan fingerprint density at radius 1 is 1.06 bits per heavy atom. The van der Waals surface area contributed by atoms with E-state index in [-0.39, 0.29) is 11.4 Å². The summed E-state index contributed by atoms with van der Waals surface area (Å²) < 4.78 is 26.9. The van der Waals surface area contributed by atoms with Crippen LogP contribution in [-0.4, -0.2) is 60.8 Å². The Morgan fingerprint density at radius 3 is 2.48 bits per heavy atom. The van der Waals surface area contributed by atoms with E-state index in [0.29, 0.717) is 31.6 Å². The van der Waals surface area contributed by atoms with Crippen LogP contribution in [0.5, 0.6) is 0 Å². The van der Waals surface area contributed by atoms with Gasteiger partial charge in [-0.25, -0.2) is 13.2 Å². The average Bonchev–Trinajstić information content (AvgIpc) is 3.38. The smallest absolute Gasteiger partial charge is 0.344 e. The van der Waals surface area contributed by atoms with Crippen molar-refractivity contribution >= 4 is 33.6 Å². The van der Waals surface area contributed by atoms with Crippen LogP contribution in [0, 0.1) is 0 Å². The molecule has 3 aliphatic rings. The summed E-state index contributed by atoms with van der Waals surface area (Å²) in [5, 5.41) is 6.34. The number of nitrogens with one attached hydrogen (secondary N) is 3. The standard InChI is InChI=1S/C20H27N5O5S/c26-17(23-25-18(27)20(22-19(25)28)9-2-1-3-10-20)14-21-15-7-6-8-16(13-15)31(29,30)24-11-4-5-12-24/h6-8,13,21H,1-5,9-12,14H2,(H,22,28)(H,23,26). The fourth-order valence-corrected chi connectivity index (χ4v) is 5.97. The zero-order valence-electron chi connectivity index (χ0n) is 17.2. The Labute approximate surface area is 181 Å². The van der Waals surface area contributed by atoms with Crippen LogP contribution < -0.4 is 16.1 Å². The van der Waals surface area contributed by atoms with Crippen molar-refractivity contribution in [1.29, 1.82) is 0 Å². The summed E-state index contributed by atoms with van der Waals surface area (Å²) in [5.41, 5.74) is 1.90. The first-order chi connectivity index (χ1) is 14.8. The van der Waals surface area contributed by atoms with Gasteiger partial charge in [-0.3, -0.25) is 15.0 Å². The summed E-state index contributed by atoms with van der Waals surface area (Å²) in [6.07, 6.45) is 5.57. The molecule has 4 amide bonds. The normalized spacial score (nSPS) is 21.4. The van der Waals surface area contributed by atoms with Crippen LogP contribution in [0.3, 0.4) is 0 Å². The molecule has 2 heterocycles. The monoisotopic (exact) mass is 449 g/mol. The number of imide groups is 1. The summed E-state index contributed by atoms with van der Waals surface area (Å²) in [4.78, 5) is 37.5. The number of carbonyl (C=O) groups excluding carboxylic acids is 3. The topological polar surface area (TPSA) is 128 Å². The third kappa shape index (κ3) is 4.24. The number of hydrogen-bond donors (Lipinski definition) is 3. The second-order valence-corrected chi connectivity index (χ2v) is 10.2. The number of hydrazine groups is 1. The maximum atomic E-state index is 12.7. The first kappa shape index (κ1) is 21.6. The predicted octanol–water partition coefficient (Wildman–Crippen LogP) is 1.17. The highest BCUT2D eigenvalue weighted by atomic mass is 32.2. The molecule has 168 valence electrons. The molecule has 1 saturated carbocycles. The third-order valence-electron chi connectivity index (χ3n) is 6.10. The number of hydrogen-bond acceptors (Lipinski definition) is 6. The maximum absolute atomic E-state index is 12.7. The third-order valence-corrected chi connectivity index (χ3v) is 7.99. The van der Waals surface area contributed by atoms with E-state index in [1.165, 1.54) is 16.4 Å². The molecule has 10 nitrogen and oxygen atoms in total. The molecular formula is C20H27N5O5S. The van der Waals surface area contributed by atoms with Crippen LogP contribution in [0.1, 0.15) is 44.9 Å². The second kappa shape index (κ2) is 8.46. The van der Waals surface area contributed by atoms with Gasteiger partial charge in [-0.2, -0.15) is 9.31 Å². The molecule has 11 heteroatoms. The van der Waals surface area contributed by atoms with E-state index in [9.17, 15) is 22.8 Å². The molecule has 0 atom stereocenters. The highest BCUT2D eigenvalue weighted by molar-refractivity contribution is 7.89. The minimum Gasteiger partial charge on any atom is -0.376 e. The van der Waals surface area contributed by atoms with E-state index in [1.807, 2.05) is 0 Å². The highest BCUT2D eigenvalue weighted by Crippen LogP contribution is 2.33. The molecule has 2 aliphatic heterocycles. The number of urea groups is 1. The van der Waals surface area contributed by atoms with Gasteiger partial charge in [-0.1, -0.05) is 25.3 Å². The fraction of sp³-hybridized carbons (Fsp3) is 0.550. The van der Waals surface area contributed by atoms with Crippen LogP contribution >= 0.6 is 0 Å². The first-order valence-corrected chi connectivity index (χ1v) is 12.1. The Kier molecular flexibility index (Phi) is 5.89. The SMILES string of the molecule is O=C(CNc1cccc(S(=O)(=O)N2CCCC2)c1)NN1C(=O)NC2(CCCCC2)C1=O. The zero-order chi connectivity index (χ0) is 22.1. The minimum absolute atomic E-state index is 0.160. The van der Waals surface area contributed by atoms with Crippen molar-refractivity contribution in [2.45, 2.75) is 55.4 Å². The van der Waals surface area contributed by atoms with Crippen LogP contribution in [0.2, 0.25) is 0 Å². The minimum atomic E-state index is -3.56. The average molecular weight is 450 g/mol. The number of rotatable bonds is 6. The van der Waals surface area contributed by atoms with Gasteiger partial charge < -0.3 is 10.6 Å². The highest BCUT2D eigenvalue weighted by Gasteiger charge is 2.52. The number of amides is 4. The molecule has 1 aromatic rings. The van der Waals surface area contributed by atoms with E-state index >= 15 is 0 Å². The van der Waals surface area contributed by atoms with E-state index < -0.39 is 33.4 Å². The quantitative estimate of drug-likeness (QED) is 0.560. The van der Waals surface area contributed by atoms with Crippen LogP contribution in [0.15, 0.2) is 29.2 Å². The molecule has 1 spiro atoms. The van der Waals surface area contributed by atoms with Crippen molar-refractivity contribution in [2.24, 2.45) is 0 Å². The molecule has 0 radical (unpaired) electrons. The van der Waals surface area contributed by atoms with Crippen LogP contribution in [0.4, 0.5) is 10.5 Å². The molecule has 1 aliphatic carbocycles. The Morgan fingerprint density at radius 2 is 1.77 bits per heavy atom. The van der Waals surface area contributed by atoms with Crippen molar-refractivity contribution in [1.82, 2.24) is 20.1 Å². The number of sulfonamides is 1. The molecule has 0 bridgehead atoms. The van der Waals surface area contributed by atoms with Gasteiger partial charge in [0.2, 0.25) is 10.0 Å². The lowest BCUT2D eigenvalue weighted by molar-refractivity contribution is -0.139. The van der Waals surface area contributed by atoms with Gasteiger partial charge in [0.25, 0.3) is 11.8 Å². The molecule has 0 aromatic heterocycles. The fourth-order valence-electron chi connectivity index (χ4n) is 4.41. The Hall–Kier alpha value is -2.66. The lowest BCUT2D eigenvalue weighted by atomic mass is 9.82. The summed E-state index contributed by atoms with van der Waals surface area (Å²) in [6.45, 7) is 0.795. The molecule has 3 fully saturated rings. The van der Waals surface area contributed by atoms with E-state index in [4.69, 9.17) is 0 Å². The molecule has 31 heavy (non-hydrogen) atoms. The largest absolute Gasteiger partial charge is 0.376 e. The number of benzene rings is 1. The zero-order valence-corrected chi connectivity index (χ0v) is 18.0. The molecule has 3 N–H and O–H groups in total. The Balaban J connectivity index is 1.36. The molecule has 0 unspecified atom stereocenters. The van der Waals surface area contributed by atoms with Gasteiger partial charge >= 0.3 is 6.03 Å². The summed E-state index contributed by atoms with van der Waals surface area (Å²) in [6, 6.07) is 5.63. The molecule has 4 rings (SSSR count). The van der Waals surface area contributed by atoms with Gasteiger partial charge in [0.05, 0.1) is 11.4 Å². The van der Waals surface area contributed by atoms with Crippen molar-refractivity contribution in [2.75, 3.05) is 25.0 Å². The number of carbonyl (C=O) groups is 3. The van der Waals surface area contributed by atoms with Gasteiger partial charge in [-0.05, 0) is 43.9 Å². The van der Waals surface area contributed by atoms with Gasteiger partial charge in [-0.15, -0.1) is 0 Å². The van der Waals surface area contributed by atoms with Crippen molar-refractivity contribution < 1.29 is 22.8 Å². The second-order valence-electron chi connectivity index (χ2n) is 8.24. The van der Waals surface area contributed by atoms with E-state index in [1.54, 1.807) is 12.1 Å². The van der Waals surface area contributed by atoms with Gasteiger partial charge in [0, 0.05) is 18.8 Å². The van der Waals surface area contributed by atoms with Crippen molar-refractivity contribution in [3.63, 3.8) is 0 Å². The number of nitrogens with zero attached hydrogens (tertiary/aromatic N) is 2. The summed E-state index contributed by atoms with van der Waals surface area (Å²) in [5.74, 6) is -1.01. The van der Waals surface area contributed by atoms with Gasteiger partial charge in [0.15, 0.2) is 0 Å². The number of anilines is 1. The predicted molar refractivity (Wildman–Crippen MR) is 112 cm³/mol. The Bertz CT molecular complexity index is 983.